The van der Waals surface area contributed by atoms with E-state index in [1.165, 1.54) is 12.3 Å². The molecule has 0 radical (unpaired) electrons. The number of hydrogen-bond donors (Lipinski definition) is 1. The second kappa shape index (κ2) is 9.50. The van der Waals surface area contributed by atoms with Crippen molar-refractivity contribution in [3.8, 4) is 11.5 Å². The van der Waals surface area contributed by atoms with Crippen LogP contribution in [0.5, 0.6) is 0 Å². The Balaban J connectivity index is 1.54. The van der Waals surface area contributed by atoms with Gasteiger partial charge in [-0.15, -0.1) is 0 Å². The van der Waals surface area contributed by atoms with Gasteiger partial charge in [-0.3, -0.25) is 9.59 Å². The van der Waals surface area contributed by atoms with Crippen molar-refractivity contribution >= 4 is 23.6 Å². The third-order valence-corrected chi connectivity index (χ3v) is 5.72. The molecule has 1 fully saturated rings. The maximum Gasteiger partial charge on any atom is 0.433 e. The number of furan rings is 1. The summed E-state index contributed by atoms with van der Waals surface area (Å²) in [4.78, 5) is 32.9. The second-order valence-electron chi connectivity index (χ2n) is 6.91. The fourth-order valence-electron chi connectivity index (χ4n) is 3.14. The number of primary amides is 1. The van der Waals surface area contributed by atoms with Crippen molar-refractivity contribution in [3.63, 3.8) is 0 Å². The molecule has 2 amide bonds. The molecule has 0 saturated carbocycles. The van der Waals surface area contributed by atoms with Crippen LogP contribution in [0.4, 0.5) is 13.2 Å². The molecule has 3 rings (SSSR count). The van der Waals surface area contributed by atoms with E-state index >= 15 is 0 Å². The Hall–Kier alpha value is -2.56. The van der Waals surface area contributed by atoms with Gasteiger partial charge in [-0.25, -0.2) is 9.97 Å². The molecule has 0 aromatic carbocycles. The van der Waals surface area contributed by atoms with Crippen LogP contribution in [0, 0.1) is 5.92 Å². The summed E-state index contributed by atoms with van der Waals surface area (Å²) in [7, 11) is 0. The number of halogens is 3. The van der Waals surface area contributed by atoms with Gasteiger partial charge in [-0.2, -0.15) is 13.2 Å². The number of thioether (sulfide) groups is 1. The van der Waals surface area contributed by atoms with Gasteiger partial charge in [0, 0.05) is 31.2 Å². The Labute approximate surface area is 175 Å². The Morgan fingerprint density at radius 1 is 1.27 bits per heavy atom. The number of amides is 2. The van der Waals surface area contributed by atoms with Gasteiger partial charge in [0.2, 0.25) is 11.8 Å². The topological polar surface area (TPSA) is 102 Å². The van der Waals surface area contributed by atoms with Crippen LogP contribution in [-0.2, 0) is 15.8 Å². The van der Waals surface area contributed by atoms with Crippen molar-refractivity contribution in [2.45, 2.75) is 37.0 Å². The molecule has 0 spiro atoms. The zero-order valence-corrected chi connectivity index (χ0v) is 16.8. The summed E-state index contributed by atoms with van der Waals surface area (Å²) >= 11 is 1.06. The van der Waals surface area contributed by atoms with Crippen LogP contribution >= 0.6 is 11.8 Å². The number of piperidine rings is 1. The lowest BCUT2D eigenvalue weighted by Crippen LogP contribution is -2.41. The molecule has 162 valence electrons. The van der Waals surface area contributed by atoms with Crippen molar-refractivity contribution in [2.75, 3.05) is 18.8 Å². The lowest BCUT2D eigenvalue weighted by Gasteiger charge is -2.30. The Morgan fingerprint density at radius 2 is 2.00 bits per heavy atom. The average Bonchev–Trinajstić information content (AvgIpc) is 3.25. The van der Waals surface area contributed by atoms with E-state index in [1.54, 1.807) is 11.0 Å². The fraction of sp³-hybridized carbons (Fsp3) is 0.474. The predicted molar refractivity (Wildman–Crippen MR) is 103 cm³/mol. The number of aromatic nitrogens is 2. The number of nitrogens with zero attached hydrogens (tertiary/aromatic N) is 3. The first-order valence-electron chi connectivity index (χ1n) is 9.44. The van der Waals surface area contributed by atoms with E-state index in [4.69, 9.17) is 10.2 Å². The number of rotatable bonds is 7. The zero-order chi connectivity index (χ0) is 21.7. The first-order valence-corrected chi connectivity index (χ1v) is 10.4. The molecule has 1 aliphatic heterocycles. The van der Waals surface area contributed by atoms with E-state index in [9.17, 15) is 22.8 Å². The molecule has 1 saturated heterocycles. The van der Waals surface area contributed by atoms with Gasteiger partial charge >= 0.3 is 6.18 Å². The number of carbonyl (C=O) groups is 2. The molecule has 0 unspecified atom stereocenters. The van der Waals surface area contributed by atoms with Crippen LogP contribution in [0.2, 0.25) is 0 Å². The Morgan fingerprint density at radius 3 is 2.60 bits per heavy atom. The molecule has 1 aliphatic rings. The first-order chi connectivity index (χ1) is 14.2. The molecule has 0 bridgehead atoms. The minimum atomic E-state index is -4.60. The van der Waals surface area contributed by atoms with Crippen LogP contribution in [0.25, 0.3) is 11.5 Å². The molecule has 2 aromatic rings. The molecule has 0 aliphatic carbocycles. The third kappa shape index (κ3) is 5.74. The molecular formula is C19H21F3N4O3S. The number of alkyl halides is 3. The molecule has 0 atom stereocenters. The van der Waals surface area contributed by atoms with Crippen LogP contribution < -0.4 is 5.73 Å². The van der Waals surface area contributed by atoms with Crippen LogP contribution in [0.3, 0.4) is 0 Å². The normalized spacial score (nSPS) is 15.4. The van der Waals surface area contributed by atoms with E-state index in [1.807, 2.05) is 0 Å². The molecular weight excluding hydrogens is 421 g/mol. The first kappa shape index (κ1) is 22.1. The van der Waals surface area contributed by atoms with Crippen LogP contribution in [-0.4, -0.2) is 45.5 Å². The molecule has 2 N–H and O–H groups in total. The van der Waals surface area contributed by atoms with Gasteiger partial charge in [0.15, 0.2) is 10.9 Å². The van der Waals surface area contributed by atoms with E-state index in [0.29, 0.717) is 38.1 Å². The number of nitrogens with two attached hydrogens (primary N) is 1. The van der Waals surface area contributed by atoms with Crippen molar-refractivity contribution in [1.82, 2.24) is 14.9 Å². The van der Waals surface area contributed by atoms with E-state index < -0.39 is 11.9 Å². The van der Waals surface area contributed by atoms with E-state index in [-0.39, 0.29) is 40.8 Å². The SMILES string of the molecule is NC(=O)C1CCN(C(=O)CCCSc2nc(-c3ccco3)cc(C(F)(F)F)n2)CC1. The largest absolute Gasteiger partial charge is 0.463 e. The highest BCUT2D eigenvalue weighted by atomic mass is 32.2. The smallest absolute Gasteiger partial charge is 0.433 e. The van der Waals surface area contributed by atoms with E-state index in [2.05, 4.69) is 9.97 Å². The van der Waals surface area contributed by atoms with Gasteiger partial charge < -0.3 is 15.1 Å². The summed E-state index contributed by atoms with van der Waals surface area (Å²) in [6.45, 7) is 0.978. The number of likely N-dealkylation sites (tertiary alicyclic amines) is 1. The van der Waals surface area contributed by atoms with Crippen molar-refractivity contribution in [3.05, 3.63) is 30.2 Å². The van der Waals surface area contributed by atoms with Crippen molar-refractivity contribution in [1.29, 1.82) is 0 Å². The lowest BCUT2D eigenvalue weighted by molar-refractivity contribution is -0.141. The lowest BCUT2D eigenvalue weighted by atomic mass is 9.96. The summed E-state index contributed by atoms with van der Waals surface area (Å²) < 4.78 is 44.6. The minimum absolute atomic E-state index is 0.0223. The number of carbonyl (C=O) groups excluding carboxylic acids is 2. The maximum atomic E-state index is 13.2. The van der Waals surface area contributed by atoms with Crippen LogP contribution in [0.15, 0.2) is 34.0 Å². The highest BCUT2D eigenvalue weighted by Crippen LogP contribution is 2.32. The molecule has 30 heavy (non-hydrogen) atoms. The second-order valence-corrected chi connectivity index (χ2v) is 7.97. The van der Waals surface area contributed by atoms with Crippen LogP contribution in [0.1, 0.15) is 31.4 Å². The quantitative estimate of drug-likeness (QED) is 0.401. The van der Waals surface area contributed by atoms with Crippen molar-refractivity contribution < 1.29 is 27.2 Å². The molecule has 2 aromatic heterocycles. The molecule has 3 heterocycles. The monoisotopic (exact) mass is 442 g/mol. The Bertz CT molecular complexity index is 882. The van der Waals surface area contributed by atoms with Gasteiger partial charge in [-0.1, -0.05) is 11.8 Å². The molecule has 11 heteroatoms. The van der Waals surface area contributed by atoms with Gasteiger partial charge in [0.1, 0.15) is 11.4 Å². The van der Waals surface area contributed by atoms with Gasteiger partial charge in [-0.05, 0) is 37.5 Å². The highest BCUT2D eigenvalue weighted by Gasteiger charge is 2.34. The van der Waals surface area contributed by atoms with Gasteiger partial charge in [0.25, 0.3) is 0 Å². The average molecular weight is 442 g/mol. The van der Waals surface area contributed by atoms with E-state index in [0.717, 1.165) is 17.8 Å². The summed E-state index contributed by atoms with van der Waals surface area (Å²) in [6, 6.07) is 3.94. The molecule has 7 nitrogen and oxygen atoms in total. The zero-order valence-electron chi connectivity index (χ0n) is 16.0. The maximum absolute atomic E-state index is 13.2. The summed E-state index contributed by atoms with van der Waals surface area (Å²) in [6.07, 6.45) is -1.40. The highest BCUT2D eigenvalue weighted by molar-refractivity contribution is 7.99. The summed E-state index contributed by atoms with van der Waals surface area (Å²) in [5.74, 6) is 0.0427. The summed E-state index contributed by atoms with van der Waals surface area (Å²) in [5.41, 5.74) is 4.30. The third-order valence-electron chi connectivity index (χ3n) is 4.79. The number of hydrogen-bond acceptors (Lipinski definition) is 6. The summed E-state index contributed by atoms with van der Waals surface area (Å²) in [5, 5.41) is -0.0223. The standard InChI is InChI=1S/C19H21F3N4O3S/c20-19(21,22)15-11-13(14-3-1-9-29-14)24-18(25-15)30-10-2-4-16(27)26-7-5-12(6-8-26)17(23)28/h1,3,9,11-12H,2,4-8,10H2,(H2,23,28). The Kier molecular flexibility index (Phi) is 7.01. The predicted octanol–water partition coefficient (Wildman–Crippen LogP) is 3.35. The minimum Gasteiger partial charge on any atom is -0.463 e. The van der Waals surface area contributed by atoms with Gasteiger partial charge in [0.05, 0.1) is 6.26 Å². The fourth-order valence-corrected chi connectivity index (χ4v) is 3.94. The van der Waals surface area contributed by atoms with Crippen molar-refractivity contribution in [2.24, 2.45) is 11.7 Å².